The van der Waals surface area contributed by atoms with Gasteiger partial charge in [-0.15, -0.1) is 0 Å². The molecule has 0 aliphatic heterocycles. The number of nitrogens with one attached hydrogen (secondary N) is 1. The molecule has 0 aromatic carbocycles. The lowest BCUT2D eigenvalue weighted by Gasteiger charge is -2.11. The van der Waals surface area contributed by atoms with Crippen molar-refractivity contribution >= 4 is 0 Å². The highest BCUT2D eigenvalue weighted by atomic mass is 16.5. The van der Waals surface area contributed by atoms with Crippen LogP contribution in [-0.2, 0) is 4.74 Å². The van der Waals surface area contributed by atoms with Crippen LogP contribution in [0.4, 0.5) is 0 Å². The van der Waals surface area contributed by atoms with E-state index in [4.69, 9.17) is 4.74 Å². The molecule has 0 heterocycles. The van der Waals surface area contributed by atoms with Crippen molar-refractivity contribution in [2.75, 3.05) is 26.3 Å². The van der Waals surface area contributed by atoms with Gasteiger partial charge in [-0.2, -0.15) is 0 Å². The number of hydrogen-bond acceptors (Lipinski definition) is 2. The zero-order valence-corrected chi connectivity index (χ0v) is 9.01. The van der Waals surface area contributed by atoms with Crippen LogP contribution in [0.25, 0.3) is 0 Å². The average molecular weight is 185 g/mol. The van der Waals surface area contributed by atoms with Crippen LogP contribution in [0.5, 0.6) is 0 Å². The summed E-state index contributed by atoms with van der Waals surface area (Å²) >= 11 is 0. The molecule has 0 aromatic heterocycles. The lowest BCUT2D eigenvalue weighted by molar-refractivity contribution is 0.135. The maximum Gasteiger partial charge on any atom is 0.0590 e. The summed E-state index contributed by atoms with van der Waals surface area (Å²) in [6.07, 6.45) is 4.03. The second-order valence-electron chi connectivity index (χ2n) is 4.13. The summed E-state index contributed by atoms with van der Waals surface area (Å²) in [7, 11) is 0. The molecule has 2 heteroatoms. The van der Waals surface area contributed by atoms with Crippen molar-refractivity contribution in [2.45, 2.75) is 33.1 Å². The highest BCUT2D eigenvalue weighted by Gasteiger charge is 2.27. The van der Waals surface area contributed by atoms with Gasteiger partial charge in [0.2, 0.25) is 0 Å². The standard InChI is InChI=1S/C11H23NO/c1-3-7-13-8-6-12-9-10(2)11-4-5-11/h10-12H,3-9H2,1-2H3. The van der Waals surface area contributed by atoms with Crippen LogP contribution in [0, 0.1) is 11.8 Å². The first-order valence-electron chi connectivity index (χ1n) is 5.63. The molecule has 0 saturated heterocycles. The number of ether oxygens (including phenoxy) is 1. The summed E-state index contributed by atoms with van der Waals surface area (Å²) in [6, 6.07) is 0. The van der Waals surface area contributed by atoms with E-state index < -0.39 is 0 Å². The Morgan fingerprint density at radius 3 is 2.77 bits per heavy atom. The van der Waals surface area contributed by atoms with Gasteiger partial charge in [-0.05, 0) is 37.6 Å². The highest BCUT2D eigenvalue weighted by Crippen LogP contribution is 2.35. The summed E-state index contributed by atoms with van der Waals surface area (Å²) < 4.78 is 5.38. The van der Waals surface area contributed by atoms with E-state index in [1.165, 1.54) is 19.4 Å². The first-order chi connectivity index (χ1) is 6.34. The van der Waals surface area contributed by atoms with Gasteiger partial charge in [0, 0.05) is 13.2 Å². The average Bonchev–Trinajstić information content (AvgIpc) is 2.93. The Hall–Kier alpha value is -0.0800. The topological polar surface area (TPSA) is 21.3 Å². The van der Waals surface area contributed by atoms with Crippen molar-refractivity contribution < 1.29 is 4.74 Å². The van der Waals surface area contributed by atoms with Crippen LogP contribution in [0.1, 0.15) is 33.1 Å². The van der Waals surface area contributed by atoms with E-state index in [0.29, 0.717) is 0 Å². The Kier molecular flexibility index (Phi) is 5.40. The van der Waals surface area contributed by atoms with E-state index in [2.05, 4.69) is 19.2 Å². The zero-order valence-electron chi connectivity index (χ0n) is 9.01. The highest BCUT2D eigenvalue weighted by molar-refractivity contribution is 4.79. The molecule has 1 unspecified atom stereocenters. The predicted molar refractivity (Wildman–Crippen MR) is 55.9 cm³/mol. The molecule has 1 saturated carbocycles. The van der Waals surface area contributed by atoms with E-state index in [9.17, 15) is 0 Å². The summed E-state index contributed by atoms with van der Waals surface area (Å²) in [5.74, 6) is 1.88. The van der Waals surface area contributed by atoms with Crippen molar-refractivity contribution in [1.29, 1.82) is 0 Å². The summed E-state index contributed by atoms with van der Waals surface area (Å²) in [6.45, 7) is 8.43. The van der Waals surface area contributed by atoms with E-state index in [0.717, 1.165) is 38.0 Å². The molecular weight excluding hydrogens is 162 g/mol. The molecule has 1 aliphatic carbocycles. The van der Waals surface area contributed by atoms with E-state index in [1.54, 1.807) is 0 Å². The molecule has 1 rings (SSSR count). The Labute approximate surface area is 82.0 Å². The number of hydrogen-bond donors (Lipinski definition) is 1. The van der Waals surface area contributed by atoms with Crippen LogP contribution in [0.3, 0.4) is 0 Å². The SMILES string of the molecule is CCCOCCNCC(C)C1CC1. The lowest BCUT2D eigenvalue weighted by atomic mass is 10.1. The molecule has 1 fully saturated rings. The second kappa shape index (κ2) is 6.39. The van der Waals surface area contributed by atoms with Gasteiger partial charge >= 0.3 is 0 Å². The fourth-order valence-corrected chi connectivity index (χ4v) is 1.55. The molecule has 78 valence electrons. The minimum Gasteiger partial charge on any atom is -0.380 e. The first kappa shape index (κ1) is 11.0. The fraction of sp³-hybridized carbons (Fsp3) is 1.00. The molecular formula is C11H23NO. The third kappa shape index (κ3) is 5.27. The monoisotopic (exact) mass is 185 g/mol. The smallest absolute Gasteiger partial charge is 0.0590 e. The van der Waals surface area contributed by atoms with Crippen LogP contribution in [0.15, 0.2) is 0 Å². The van der Waals surface area contributed by atoms with Gasteiger partial charge in [-0.25, -0.2) is 0 Å². The van der Waals surface area contributed by atoms with Crippen molar-refractivity contribution in [3.05, 3.63) is 0 Å². The maximum atomic E-state index is 5.38. The maximum absolute atomic E-state index is 5.38. The normalized spacial score (nSPS) is 18.9. The molecule has 1 aliphatic rings. The Bertz CT molecular complexity index is 123. The summed E-state index contributed by atoms with van der Waals surface area (Å²) in [5, 5.41) is 3.44. The molecule has 13 heavy (non-hydrogen) atoms. The summed E-state index contributed by atoms with van der Waals surface area (Å²) in [5.41, 5.74) is 0. The number of rotatable bonds is 8. The van der Waals surface area contributed by atoms with Crippen LogP contribution < -0.4 is 5.32 Å². The van der Waals surface area contributed by atoms with Crippen molar-refractivity contribution in [1.82, 2.24) is 5.32 Å². The van der Waals surface area contributed by atoms with E-state index in [-0.39, 0.29) is 0 Å². The zero-order chi connectivity index (χ0) is 9.52. The molecule has 0 aromatic rings. The summed E-state index contributed by atoms with van der Waals surface area (Å²) in [4.78, 5) is 0. The van der Waals surface area contributed by atoms with Gasteiger partial charge < -0.3 is 10.1 Å². The first-order valence-corrected chi connectivity index (χ1v) is 5.63. The molecule has 1 N–H and O–H groups in total. The minimum atomic E-state index is 0.866. The van der Waals surface area contributed by atoms with E-state index >= 15 is 0 Å². The third-order valence-electron chi connectivity index (χ3n) is 2.66. The largest absolute Gasteiger partial charge is 0.380 e. The van der Waals surface area contributed by atoms with Crippen LogP contribution >= 0.6 is 0 Å². The molecule has 0 spiro atoms. The Morgan fingerprint density at radius 2 is 2.15 bits per heavy atom. The van der Waals surface area contributed by atoms with Crippen molar-refractivity contribution in [2.24, 2.45) is 11.8 Å². The van der Waals surface area contributed by atoms with Gasteiger partial charge in [0.25, 0.3) is 0 Å². The van der Waals surface area contributed by atoms with E-state index in [1.807, 2.05) is 0 Å². The Balaban J connectivity index is 1.77. The molecule has 0 radical (unpaired) electrons. The Morgan fingerprint density at radius 1 is 1.38 bits per heavy atom. The fourth-order valence-electron chi connectivity index (χ4n) is 1.55. The third-order valence-corrected chi connectivity index (χ3v) is 2.66. The minimum absolute atomic E-state index is 0.866. The van der Waals surface area contributed by atoms with Crippen molar-refractivity contribution in [3.63, 3.8) is 0 Å². The van der Waals surface area contributed by atoms with Gasteiger partial charge in [0.15, 0.2) is 0 Å². The van der Waals surface area contributed by atoms with Gasteiger partial charge in [-0.3, -0.25) is 0 Å². The predicted octanol–water partition coefficient (Wildman–Crippen LogP) is 2.05. The molecule has 0 amide bonds. The van der Waals surface area contributed by atoms with Crippen molar-refractivity contribution in [3.8, 4) is 0 Å². The van der Waals surface area contributed by atoms with Crippen LogP contribution in [0.2, 0.25) is 0 Å². The van der Waals surface area contributed by atoms with Crippen LogP contribution in [-0.4, -0.2) is 26.3 Å². The lowest BCUT2D eigenvalue weighted by Crippen LogP contribution is -2.26. The van der Waals surface area contributed by atoms with Gasteiger partial charge in [0.1, 0.15) is 0 Å². The molecule has 2 nitrogen and oxygen atoms in total. The quantitative estimate of drug-likeness (QED) is 0.584. The molecule has 0 bridgehead atoms. The molecule has 1 atom stereocenters. The second-order valence-corrected chi connectivity index (χ2v) is 4.13. The van der Waals surface area contributed by atoms with Gasteiger partial charge in [-0.1, -0.05) is 13.8 Å². The van der Waals surface area contributed by atoms with Gasteiger partial charge in [0.05, 0.1) is 6.61 Å².